The number of thiocarbonyl (C=S) groups is 1. The van der Waals surface area contributed by atoms with Gasteiger partial charge in [0.05, 0.1) is 11.7 Å². The fourth-order valence-electron chi connectivity index (χ4n) is 0.166. The first kappa shape index (κ1) is 6.36. The minimum atomic E-state index is 0.611. The number of isothiocyanates is 1. The monoisotopic (exact) mass is 111 g/mol. The molecule has 7 heavy (non-hydrogen) atoms. The molecule has 2 heteroatoms. The van der Waals surface area contributed by atoms with E-state index in [0.29, 0.717) is 13.0 Å². The number of nitrogens with zero attached hydrogens (tertiary/aromatic N) is 1. The molecule has 36 valence electrons. The van der Waals surface area contributed by atoms with Crippen LogP contribution in [0.3, 0.4) is 0 Å². The van der Waals surface area contributed by atoms with E-state index < -0.39 is 0 Å². The van der Waals surface area contributed by atoms with Crippen LogP contribution in [0, 0.1) is 12.3 Å². The fraction of sp³-hybridized carbons (Fsp3) is 0.400. The number of hydrogen-bond donors (Lipinski definition) is 0. The molecule has 0 heterocycles. The minimum absolute atomic E-state index is 0.611. The van der Waals surface area contributed by atoms with E-state index in [2.05, 4.69) is 28.3 Å². The number of aliphatic imine (C=N–C) groups is 1. The molecule has 0 aromatic rings. The predicted molar refractivity (Wildman–Crippen MR) is 33.3 cm³/mol. The number of terminal acetylenes is 1. The number of hydrogen-bond acceptors (Lipinski definition) is 2. The Labute approximate surface area is 48.5 Å². The molecular weight excluding hydrogens is 106 g/mol. The normalized spacial score (nSPS) is 6.14. The van der Waals surface area contributed by atoms with E-state index in [1.54, 1.807) is 0 Å². The maximum absolute atomic E-state index is 4.90. The van der Waals surface area contributed by atoms with Crippen molar-refractivity contribution in [2.45, 2.75) is 6.42 Å². The van der Waals surface area contributed by atoms with Crippen LogP contribution in [0.1, 0.15) is 6.42 Å². The van der Waals surface area contributed by atoms with Crippen molar-refractivity contribution in [3.05, 3.63) is 0 Å². The zero-order valence-corrected chi connectivity index (χ0v) is 4.66. The third-order valence-electron chi connectivity index (χ3n) is 0.432. The summed E-state index contributed by atoms with van der Waals surface area (Å²) in [6.07, 6.45) is 5.55. The zero-order chi connectivity index (χ0) is 5.54. The Bertz CT molecular complexity index is 117. The van der Waals surface area contributed by atoms with E-state index >= 15 is 0 Å². The van der Waals surface area contributed by atoms with E-state index in [-0.39, 0.29) is 0 Å². The summed E-state index contributed by atoms with van der Waals surface area (Å²) in [5.41, 5.74) is 0. The molecule has 0 aromatic carbocycles. The van der Waals surface area contributed by atoms with Gasteiger partial charge in [-0.1, -0.05) is 0 Å². The Hall–Kier alpha value is -0.640. The van der Waals surface area contributed by atoms with Crippen molar-refractivity contribution < 1.29 is 0 Å². The molecule has 0 aromatic heterocycles. The van der Waals surface area contributed by atoms with Gasteiger partial charge >= 0.3 is 0 Å². The van der Waals surface area contributed by atoms with Crippen molar-refractivity contribution in [3.8, 4) is 12.3 Å². The van der Waals surface area contributed by atoms with Crippen molar-refractivity contribution in [1.29, 1.82) is 0 Å². The lowest BCUT2D eigenvalue weighted by Gasteiger charge is -1.73. The molecule has 0 spiro atoms. The van der Waals surface area contributed by atoms with Crippen LogP contribution in [0.4, 0.5) is 0 Å². The lowest BCUT2D eigenvalue weighted by molar-refractivity contribution is 1.04. The second-order valence-corrected chi connectivity index (χ2v) is 1.11. The summed E-state index contributed by atoms with van der Waals surface area (Å²) in [7, 11) is 0. The van der Waals surface area contributed by atoms with Gasteiger partial charge in [-0.15, -0.1) is 12.3 Å². The maximum Gasteiger partial charge on any atom is 0.0602 e. The van der Waals surface area contributed by atoms with Crippen molar-refractivity contribution >= 4 is 17.4 Å². The van der Waals surface area contributed by atoms with Gasteiger partial charge in [-0.2, -0.15) is 0 Å². The Morgan fingerprint density at radius 2 is 2.43 bits per heavy atom. The molecule has 0 rings (SSSR count). The van der Waals surface area contributed by atoms with E-state index in [4.69, 9.17) is 6.42 Å². The van der Waals surface area contributed by atoms with Crippen LogP contribution >= 0.6 is 12.2 Å². The third-order valence-corrected chi connectivity index (χ3v) is 0.562. The summed E-state index contributed by atoms with van der Waals surface area (Å²) in [5.74, 6) is 2.42. The minimum Gasteiger partial charge on any atom is -0.232 e. The van der Waals surface area contributed by atoms with Crippen molar-refractivity contribution in [2.75, 3.05) is 6.54 Å². The fourth-order valence-corrected chi connectivity index (χ4v) is 0.257. The van der Waals surface area contributed by atoms with Crippen LogP contribution in [0.2, 0.25) is 0 Å². The highest BCUT2D eigenvalue weighted by Gasteiger charge is 1.68. The molecular formula is C5H5NS. The van der Waals surface area contributed by atoms with Crippen LogP contribution in [-0.2, 0) is 0 Å². The quantitative estimate of drug-likeness (QED) is 0.225. The highest BCUT2D eigenvalue weighted by atomic mass is 32.1. The Morgan fingerprint density at radius 3 is 2.86 bits per heavy atom. The van der Waals surface area contributed by atoms with Gasteiger partial charge in [0.2, 0.25) is 0 Å². The predicted octanol–water partition coefficient (Wildman–Crippen LogP) is 1.11. The summed E-state index contributed by atoms with van der Waals surface area (Å²) < 4.78 is 0. The first-order valence-corrected chi connectivity index (χ1v) is 2.29. The summed E-state index contributed by atoms with van der Waals surface area (Å²) in [6, 6.07) is 0. The molecule has 0 atom stereocenters. The topological polar surface area (TPSA) is 12.4 Å². The van der Waals surface area contributed by atoms with E-state index in [1.165, 1.54) is 0 Å². The standard InChI is InChI=1S/C5H5NS/c1-2-3-4-6-5-7/h1H,3-4H2. The van der Waals surface area contributed by atoms with Crippen molar-refractivity contribution in [3.63, 3.8) is 0 Å². The second kappa shape index (κ2) is 5.36. The molecule has 0 fully saturated rings. The molecule has 0 N–H and O–H groups in total. The Balaban J connectivity index is 3.03. The molecule has 0 amide bonds. The van der Waals surface area contributed by atoms with Crippen molar-refractivity contribution in [2.24, 2.45) is 4.99 Å². The average Bonchev–Trinajstić information content (AvgIpc) is 1.69. The van der Waals surface area contributed by atoms with E-state index in [9.17, 15) is 0 Å². The highest BCUT2D eigenvalue weighted by Crippen LogP contribution is 1.72. The van der Waals surface area contributed by atoms with Crippen LogP contribution in [0.5, 0.6) is 0 Å². The first-order valence-electron chi connectivity index (χ1n) is 1.89. The molecule has 0 aliphatic heterocycles. The summed E-state index contributed by atoms with van der Waals surface area (Å²) in [5, 5.41) is 2.22. The molecule has 1 nitrogen and oxygen atoms in total. The van der Waals surface area contributed by atoms with Crippen LogP contribution in [0.15, 0.2) is 4.99 Å². The summed E-state index contributed by atoms with van der Waals surface area (Å²) in [4.78, 5) is 3.58. The molecule has 0 aliphatic carbocycles. The van der Waals surface area contributed by atoms with Gasteiger partial charge in [-0.05, 0) is 12.2 Å². The molecule has 0 saturated carbocycles. The molecule has 0 radical (unpaired) electrons. The summed E-state index contributed by atoms with van der Waals surface area (Å²) in [6.45, 7) is 0.611. The Kier molecular flexibility index (Phi) is 4.87. The van der Waals surface area contributed by atoms with Crippen LogP contribution < -0.4 is 0 Å². The molecule has 0 aliphatic rings. The van der Waals surface area contributed by atoms with E-state index in [1.807, 2.05) is 0 Å². The van der Waals surface area contributed by atoms with Crippen molar-refractivity contribution in [1.82, 2.24) is 0 Å². The lowest BCUT2D eigenvalue weighted by atomic mass is 10.5. The maximum atomic E-state index is 4.90. The summed E-state index contributed by atoms with van der Waals surface area (Å²) >= 11 is 4.28. The SMILES string of the molecule is C#CCCN=C=S. The third kappa shape index (κ3) is 5.36. The second-order valence-electron chi connectivity index (χ2n) is 0.927. The van der Waals surface area contributed by atoms with Gasteiger partial charge in [-0.3, -0.25) is 0 Å². The largest absolute Gasteiger partial charge is 0.232 e. The van der Waals surface area contributed by atoms with Gasteiger partial charge in [-0.25, -0.2) is 4.99 Å². The number of rotatable bonds is 2. The highest BCUT2D eigenvalue weighted by molar-refractivity contribution is 7.78. The lowest BCUT2D eigenvalue weighted by Crippen LogP contribution is -1.71. The zero-order valence-electron chi connectivity index (χ0n) is 3.85. The van der Waals surface area contributed by atoms with Crippen LogP contribution in [-0.4, -0.2) is 11.7 Å². The molecule has 0 saturated heterocycles. The smallest absolute Gasteiger partial charge is 0.0602 e. The van der Waals surface area contributed by atoms with Gasteiger partial charge in [0.1, 0.15) is 0 Å². The molecule has 0 unspecified atom stereocenters. The first-order chi connectivity index (χ1) is 3.41. The van der Waals surface area contributed by atoms with Gasteiger partial charge in [0, 0.05) is 6.42 Å². The van der Waals surface area contributed by atoms with E-state index in [0.717, 1.165) is 0 Å². The van der Waals surface area contributed by atoms with Crippen LogP contribution in [0.25, 0.3) is 0 Å². The average molecular weight is 111 g/mol. The Morgan fingerprint density at radius 1 is 1.71 bits per heavy atom. The van der Waals surface area contributed by atoms with Gasteiger partial charge < -0.3 is 0 Å². The van der Waals surface area contributed by atoms with Gasteiger partial charge in [0.25, 0.3) is 0 Å². The van der Waals surface area contributed by atoms with Gasteiger partial charge in [0.15, 0.2) is 0 Å². The molecule has 0 bridgehead atoms.